The van der Waals surface area contributed by atoms with Crippen LogP contribution in [0.25, 0.3) is 21.1 Å². The summed E-state index contributed by atoms with van der Waals surface area (Å²) in [6, 6.07) is 12.2. The van der Waals surface area contributed by atoms with Crippen LogP contribution in [0.3, 0.4) is 0 Å². The number of hydrogen-bond acceptors (Lipinski definition) is 9. The van der Waals surface area contributed by atoms with Gasteiger partial charge in [0.1, 0.15) is 23.1 Å². The van der Waals surface area contributed by atoms with Gasteiger partial charge in [-0.3, -0.25) is 9.69 Å². The Morgan fingerprint density at radius 1 is 1.21 bits per heavy atom. The van der Waals surface area contributed by atoms with Crippen molar-refractivity contribution in [2.45, 2.75) is 65.6 Å². The number of aromatic hydroxyl groups is 1. The van der Waals surface area contributed by atoms with Crippen LogP contribution >= 0.6 is 11.3 Å². The van der Waals surface area contributed by atoms with E-state index in [9.17, 15) is 9.90 Å². The first-order chi connectivity index (χ1) is 20.7. The maximum Gasteiger partial charge on any atom is 0.306 e. The standard InChI is InChI=1S/C33H37N5O4S/c1-6-24-17-38(18-27-28(42-24)8-9-29(39)34-27)16-23-14-22(13-21-10-11-43-33(21)23)26(15-30(40)41-7-2)25-12-19(3)32-31(20(25)4)35-36-37(32)5/h8-14,24,26H,6-7,15-18H2,1-5H3,(H,34,39)/t24-,26?/m1/s1. The molecular weight excluding hydrogens is 562 g/mol. The van der Waals surface area contributed by atoms with Gasteiger partial charge < -0.3 is 14.6 Å². The molecule has 0 saturated heterocycles. The number of ether oxygens (including phenoxy) is 2. The van der Waals surface area contributed by atoms with Gasteiger partial charge in [-0.1, -0.05) is 24.3 Å². The molecule has 43 heavy (non-hydrogen) atoms. The third-order valence-electron chi connectivity index (χ3n) is 8.36. The predicted molar refractivity (Wildman–Crippen MR) is 168 cm³/mol. The Balaban J connectivity index is 1.44. The molecule has 5 aromatic rings. The first kappa shape index (κ1) is 29.1. The topological polar surface area (TPSA) is 103 Å². The van der Waals surface area contributed by atoms with Crippen LogP contribution in [0.4, 0.5) is 0 Å². The van der Waals surface area contributed by atoms with Gasteiger partial charge in [-0.05, 0) is 84.0 Å². The number of aromatic nitrogens is 4. The molecule has 4 heterocycles. The van der Waals surface area contributed by atoms with Gasteiger partial charge in [-0.25, -0.2) is 9.67 Å². The number of benzene rings is 2. The lowest BCUT2D eigenvalue weighted by Crippen LogP contribution is -2.32. The molecule has 0 fully saturated rings. The van der Waals surface area contributed by atoms with E-state index < -0.39 is 0 Å². The maximum atomic E-state index is 13.0. The normalized spacial score (nSPS) is 16.2. The van der Waals surface area contributed by atoms with E-state index in [1.807, 2.05) is 14.0 Å². The van der Waals surface area contributed by atoms with Crippen molar-refractivity contribution in [1.29, 1.82) is 0 Å². The summed E-state index contributed by atoms with van der Waals surface area (Å²) < 4.78 is 14.8. The maximum absolute atomic E-state index is 13.0. The van der Waals surface area contributed by atoms with Gasteiger partial charge in [0, 0.05) is 43.4 Å². The molecule has 2 atom stereocenters. The minimum absolute atomic E-state index is 0.00700. The molecule has 2 aromatic carbocycles. The number of thiophene rings is 1. The molecule has 1 unspecified atom stereocenters. The monoisotopic (exact) mass is 599 g/mol. The minimum Gasteiger partial charge on any atom is -0.493 e. The van der Waals surface area contributed by atoms with Crippen molar-refractivity contribution in [3.05, 3.63) is 75.3 Å². The summed E-state index contributed by atoms with van der Waals surface area (Å²) in [7, 11) is 1.90. The molecule has 0 spiro atoms. The number of hydrogen-bond donors (Lipinski definition) is 1. The highest BCUT2D eigenvalue weighted by Gasteiger charge is 2.27. The molecule has 0 saturated carbocycles. The van der Waals surface area contributed by atoms with Crippen LogP contribution < -0.4 is 4.74 Å². The summed E-state index contributed by atoms with van der Waals surface area (Å²) in [4.78, 5) is 19.8. The zero-order valence-electron chi connectivity index (χ0n) is 25.3. The smallest absolute Gasteiger partial charge is 0.306 e. The van der Waals surface area contributed by atoms with Crippen molar-refractivity contribution >= 4 is 38.4 Å². The molecule has 0 amide bonds. The number of esters is 1. The van der Waals surface area contributed by atoms with Gasteiger partial charge in [0.05, 0.1) is 18.5 Å². The first-order valence-electron chi connectivity index (χ1n) is 14.8. The second kappa shape index (κ2) is 11.9. The van der Waals surface area contributed by atoms with E-state index in [0.717, 1.165) is 63.1 Å². The molecule has 3 aromatic heterocycles. The Kier molecular flexibility index (Phi) is 8.07. The van der Waals surface area contributed by atoms with Crippen LogP contribution in [0.5, 0.6) is 11.6 Å². The van der Waals surface area contributed by atoms with Crippen molar-refractivity contribution < 1.29 is 19.4 Å². The summed E-state index contributed by atoms with van der Waals surface area (Å²) in [6.07, 6.45) is 1.09. The number of nitrogens with zero attached hydrogens (tertiary/aromatic N) is 5. The fourth-order valence-corrected chi connectivity index (χ4v) is 7.20. The van der Waals surface area contributed by atoms with Crippen molar-refractivity contribution in [1.82, 2.24) is 24.9 Å². The van der Waals surface area contributed by atoms with Crippen LogP contribution in [-0.2, 0) is 29.7 Å². The first-order valence-corrected chi connectivity index (χ1v) is 15.7. The third kappa shape index (κ3) is 5.69. The van der Waals surface area contributed by atoms with Gasteiger partial charge in [0.15, 0.2) is 0 Å². The quantitative estimate of drug-likeness (QED) is 0.212. The summed E-state index contributed by atoms with van der Waals surface area (Å²) in [6.45, 7) is 10.4. The van der Waals surface area contributed by atoms with Crippen molar-refractivity contribution in [3.63, 3.8) is 0 Å². The number of aryl methyl sites for hydroxylation is 3. The number of pyridine rings is 1. The number of fused-ring (bicyclic) bond motifs is 3. The van der Waals surface area contributed by atoms with Gasteiger partial charge >= 0.3 is 5.97 Å². The van der Waals surface area contributed by atoms with Crippen LogP contribution in [0, 0.1) is 13.8 Å². The fourth-order valence-electron chi connectivity index (χ4n) is 6.31. The molecule has 6 rings (SSSR count). The van der Waals surface area contributed by atoms with E-state index in [0.29, 0.717) is 19.7 Å². The van der Waals surface area contributed by atoms with Crippen LogP contribution in [-0.4, -0.2) is 55.2 Å². The van der Waals surface area contributed by atoms with E-state index in [2.05, 4.69) is 70.6 Å². The lowest BCUT2D eigenvalue weighted by Gasteiger charge is -2.25. The Labute approximate surface area is 255 Å². The fraction of sp³-hybridized carbons (Fsp3) is 0.394. The van der Waals surface area contributed by atoms with E-state index in [1.54, 1.807) is 28.2 Å². The molecule has 10 heteroatoms. The van der Waals surface area contributed by atoms with E-state index in [4.69, 9.17) is 9.47 Å². The number of rotatable bonds is 8. The molecule has 0 bridgehead atoms. The summed E-state index contributed by atoms with van der Waals surface area (Å²) >= 11 is 1.72. The average molecular weight is 600 g/mol. The highest BCUT2D eigenvalue weighted by Crippen LogP contribution is 2.39. The molecule has 9 nitrogen and oxygen atoms in total. The summed E-state index contributed by atoms with van der Waals surface area (Å²) in [5.41, 5.74) is 7.98. The summed E-state index contributed by atoms with van der Waals surface area (Å²) in [5.74, 6) is 0.269. The zero-order valence-corrected chi connectivity index (χ0v) is 26.1. The zero-order chi connectivity index (χ0) is 30.2. The molecule has 1 aliphatic rings. The summed E-state index contributed by atoms with van der Waals surface area (Å²) in [5, 5.41) is 22.1. The molecule has 1 N–H and O–H groups in total. The predicted octanol–water partition coefficient (Wildman–Crippen LogP) is 6.16. The van der Waals surface area contributed by atoms with Crippen molar-refractivity contribution in [2.24, 2.45) is 7.05 Å². The minimum atomic E-state index is -0.228. The second-order valence-electron chi connectivity index (χ2n) is 11.3. The van der Waals surface area contributed by atoms with Gasteiger partial charge in [-0.15, -0.1) is 16.4 Å². The van der Waals surface area contributed by atoms with E-state index >= 15 is 0 Å². The molecule has 224 valence electrons. The highest BCUT2D eigenvalue weighted by molar-refractivity contribution is 7.17. The average Bonchev–Trinajstić information content (AvgIpc) is 3.57. The SMILES string of the molecule is CCOC(=O)CC(c1cc(CN2Cc3nc(O)ccc3O[C@H](CC)C2)c2sccc2c1)c1cc(C)c2c(nnn2C)c1C. The largest absolute Gasteiger partial charge is 0.493 e. The Morgan fingerprint density at radius 3 is 2.84 bits per heavy atom. The Hall–Kier alpha value is -4.02. The van der Waals surface area contributed by atoms with Gasteiger partial charge in [-0.2, -0.15) is 0 Å². The van der Waals surface area contributed by atoms with E-state index in [-0.39, 0.29) is 30.3 Å². The lowest BCUT2D eigenvalue weighted by molar-refractivity contribution is -0.143. The molecule has 1 aliphatic heterocycles. The van der Waals surface area contributed by atoms with Crippen LogP contribution in [0.15, 0.2) is 41.8 Å². The van der Waals surface area contributed by atoms with Gasteiger partial charge in [0.2, 0.25) is 5.88 Å². The Morgan fingerprint density at radius 2 is 2.05 bits per heavy atom. The molecule has 0 aliphatic carbocycles. The van der Waals surface area contributed by atoms with Gasteiger partial charge in [0.25, 0.3) is 0 Å². The van der Waals surface area contributed by atoms with Crippen LogP contribution in [0.1, 0.15) is 66.1 Å². The van der Waals surface area contributed by atoms with Crippen molar-refractivity contribution in [3.8, 4) is 11.6 Å². The van der Waals surface area contributed by atoms with E-state index in [1.165, 1.54) is 10.3 Å². The third-order valence-corrected chi connectivity index (χ3v) is 9.37. The van der Waals surface area contributed by atoms with Crippen LogP contribution in [0.2, 0.25) is 0 Å². The Bertz CT molecular complexity index is 1810. The molecule has 0 radical (unpaired) electrons. The molecular formula is C33H37N5O4S. The number of carbonyl (C=O) groups excluding carboxylic acids is 1. The number of carbonyl (C=O) groups is 1. The second-order valence-corrected chi connectivity index (χ2v) is 12.2. The highest BCUT2D eigenvalue weighted by atomic mass is 32.1. The van der Waals surface area contributed by atoms with Crippen molar-refractivity contribution in [2.75, 3.05) is 13.2 Å². The lowest BCUT2D eigenvalue weighted by atomic mass is 9.83.